The average molecular weight is 248 g/mol. The highest BCUT2D eigenvalue weighted by molar-refractivity contribution is 5.87. The van der Waals surface area contributed by atoms with Gasteiger partial charge in [-0.25, -0.2) is 9.59 Å². The first-order valence-corrected chi connectivity index (χ1v) is 5.58. The molecule has 5 heteroatoms. The second-order valence-electron chi connectivity index (χ2n) is 3.68. The highest BCUT2D eigenvalue weighted by Gasteiger charge is 2.02. The number of amides is 2. The molecule has 0 fully saturated rings. The normalized spacial score (nSPS) is 9.56. The van der Waals surface area contributed by atoms with Crippen molar-refractivity contribution >= 4 is 12.0 Å². The van der Waals surface area contributed by atoms with E-state index in [0.717, 1.165) is 5.56 Å². The van der Waals surface area contributed by atoms with Gasteiger partial charge in [0.05, 0.1) is 5.56 Å². The molecule has 0 aromatic heterocycles. The quantitative estimate of drug-likeness (QED) is 0.666. The van der Waals surface area contributed by atoms with E-state index in [0.29, 0.717) is 19.5 Å². The maximum absolute atomic E-state index is 11.2. The van der Waals surface area contributed by atoms with Gasteiger partial charge >= 0.3 is 12.0 Å². The van der Waals surface area contributed by atoms with E-state index in [-0.39, 0.29) is 11.6 Å². The lowest BCUT2D eigenvalue weighted by Gasteiger charge is -2.06. The first-order valence-electron chi connectivity index (χ1n) is 5.58. The Hall–Kier alpha value is -2.30. The standard InChI is InChI=1S/C13H16N2O3/c1-2-8-14-13(18)15-9-7-10-3-5-11(6-4-10)12(16)17/h2-6H,1,7-9H2,(H,16,17)(H2,14,15,18). The predicted octanol–water partition coefficient (Wildman–Crippen LogP) is 1.41. The van der Waals surface area contributed by atoms with Crippen LogP contribution >= 0.6 is 0 Å². The second-order valence-corrected chi connectivity index (χ2v) is 3.68. The molecule has 0 aliphatic rings. The van der Waals surface area contributed by atoms with Gasteiger partial charge in [-0.05, 0) is 24.1 Å². The monoisotopic (exact) mass is 248 g/mol. The molecule has 0 spiro atoms. The summed E-state index contributed by atoms with van der Waals surface area (Å²) in [5.41, 5.74) is 1.24. The van der Waals surface area contributed by atoms with E-state index < -0.39 is 5.97 Å². The van der Waals surface area contributed by atoms with Crippen LogP contribution in [-0.2, 0) is 6.42 Å². The molecule has 0 radical (unpaired) electrons. The number of carbonyl (C=O) groups excluding carboxylic acids is 1. The molecular weight excluding hydrogens is 232 g/mol. The molecule has 1 aromatic rings. The summed E-state index contributed by atoms with van der Waals surface area (Å²) in [6.07, 6.45) is 2.26. The van der Waals surface area contributed by atoms with Crippen molar-refractivity contribution in [2.45, 2.75) is 6.42 Å². The summed E-state index contributed by atoms with van der Waals surface area (Å²) >= 11 is 0. The van der Waals surface area contributed by atoms with Crippen molar-refractivity contribution in [3.05, 3.63) is 48.0 Å². The van der Waals surface area contributed by atoms with Gasteiger partial charge in [0.1, 0.15) is 0 Å². The summed E-state index contributed by atoms with van der Waals surface area (Å²) < 4.78 is 0. The van der Waals surface area contributed by atoms with Crippen molar-refractivity contribution in [3.8, 4) is 0 Å². The van der Waals surface area contributed by atoms with Crippen LogP contribution in [0.3, 0.4) is 0 Å². The van der Waals surface area contributed by atoms with Crippen molar-refractivity contribution in [2.24, 2.45) is 0 Å². The Balaban J connectivity index is 2.33. The largest absolute Gasteiger partial charge is 0.478 e. The van der Waals surface area contributed by atoms with Gasteiger partial charge in [0.15, 0.2) is 0 Å². The van der Waals surface area contributed by atoms with Crippen LogP contribution in [0.4, 0.5) is 4.79 Å². The number of carbonyl (C=O) groups is 2. The Morgan fingerprint density at radius 1 is 1.22 bits per heavy atom. The van der Waals surface area contributed by atoms with E-state index in [1.54, 1.807) is 30.3 Å². The van der Waals surface area contributed by atoms with Crippen LogP contribution in [0.2, 0.25) is 0 Å². The topological polar surface area (TPSA) is 78.4 Å². The van der Waals surface area contributed by atoms with Crippen LogP contribution in [0.25, 0.3) is 0 Å². The Kier molecular flexibility index (Phi) is 5.44. The lowest BCUT2D eigenvalue weighted by molar-refractivity contribution is 0.0697. The van der Waals surface area contributed by atoms with Crippen molar-refractivity contribution in [1.82, 2.24) is 10.6 Å². The zero-order valence-corrected chi connectivity index (χ0v) is 9.98. The van der Waals surface area contributed by atoms with E-state index in [4.69, 9.17) is 5.11 Å². The van der Waals surface area contributed by atoms with E-state index >= 15 is 0 Å². The number of aromatic carboxylic acids is 1. The van der Waals surface area contributed by atoms with Crippen LogP contribution in [0.15, 0.2) is 36.9 Å². The SMILES string of the molecule is C=CCNC(=O)NCCc1ccc(C(=O)O)cc1. The summed E-state index contributed by atoms with van der Waals surface area (Å²) in [5, 5.41) is 14.0. The number of benzene rings is 1. The maximum Gasteiger partial charge on any atom is 0.335 e. The van der Waals surface area contributed by atoms with Crippen molar-refractivity contribution < 1.29 is 14.7 Å². The molecule has 2 amide bonds. The minimum absolute atomic E-state index is 0.239. The van der Waals surface area contributed by atoms with Gasteiger partial charge in [-0.1, -0.05) is 18.2 Å². The fraction of sp³-hybridized carbons (Fsp3) is 0.231. The van der Waals surface area contributed by atoms with Gasteiger partial charge in [0.2, 0.25) is 0 Å². The van der Waals surface area contributed by atoms with Gasteiger partial charge in [-0.15, -0.1) is 6.58 Å². The van der Waals surface area contributed by atoms with E-state index in [1.165, 1.54) is 0 Å². The van der Waals surface area contributed by atoms with E-state index in [9.17, 15) is 9.59 Å². The molecule has 1 aromatic carbocycles. The van der Waals surface area contributed by atoms with Gasteiger partial charge in [0.25, 0.3) is 0 Å². The number of carboxylic acids is 1. The van der Waals surface area contributed by atoms with Crippen LogP contribution in [-0.4, -0.2) is 30.2 Å². The number of hydrogen-bond acceptors (Lipinski definition) is 2. The maximum atomic E-state index is 11.2. The average Bonchev–Trinajstić information content (AvgIpc) is 2.37. The molecular formula is C13H16N2O3. The Bertz CT molecular complexity index is 426. The summed E-state index contributed by atoms with van der Waals surface area (Å²) in [7, 11) is 0. The van der Waals surface area contributed by atoms with Crippen molar-refractivity contribution in [3.63, 3.8) is 0 Å². The predicted molar refractivity (Wildman–Crippen MR) is 68.7 cm³/mol. The molecule has 1 rings (SSSR count). The molecule has 18 heavy (non-hydrogen) atoms. The Morgan fingerprint density at radius 2 is 1.89 bits per heavy atom. The Labute approximate surface area is 106 Å². The van der Waals surface area contributed by atoms with Gasteiger partial charge in [0, 0.05) is 13.1 Å². The van der Waals surface area contributed by atoms with Crippen LogP contribution in [0.1, 0.15) is 15.9 Å². The number of rotatable bonds is 6. The van der Waals surface area contributed by atoms with Crippen molar-refractivity contribution in [1.29, 1.82) is 0 Å². The third-order valence-electron chi connectivity index (χ3n) is 2.31. The number of carboxylic acid groups (broad SMARTS) is 1. The molecule has 5 nitrogen and oxygen atoms in total. The lowest BCUT2D eigenvalue weighted by Crippen LogP contribution is -2.36. The van der Waals surface area contributed by atoms with Crippen LogP contribution < -0.4 is 10.6 Å². The fourth-order valence-corrected chi connectivity index (χ4v) is 1.36. The smallest absolute Gasteiger partial charge is 0.335 e. The van der Waals surface area contributed by atoms with E-state index in [1.807, 2.05) is 0 Å². The molecule has 3 N–H and O–H groups in total. The van der Waals surface area contributed by atoms with E-state index in [2.05, 4.69) is 17.2 Å². The minimum atomic E-state index is -0.941. The van der Waals surface area contributed by atoms with Gasteiger partial charge < -0.3 is 15.7 Å². The summed E-state index contributed by atoms with van der Waals surface area (Å²) in [4.78, 5) is 21.8. The molecule has 0 saturated carbocycles. The highest BCUT2D eigenvalue weighted by atomic mass is 16.4. The van der Waals surface area contributed by atoms with Crippen molar-refractivity contribution in [2.75, 3.05) is 13.1 Å². The Morgan fingerprint density at radius 3 is 2.44 bits per heavy atom. The van der Waals surface area contributed by atoms with Crippen LogP contribution in [0, 0.1) is 0 Å². The van der Waals surface area contributed by atoms with Crippen LogP contribution in [0.5, 0.6) is 0 Å². The summed E-state index contributed by atoms with van der Waals surface area (Å²) in [6.45, 7) is 4.42. The molecule has 0 aliphatic carbocycles. The number of nitrogens with one attached hydrogen (secondary N) is 2. The van der Waals surface area contributed by atoms with Gasteiger partial charge in [-0.3, -0.25) is 0 Å². The molecule has 0 aliphatic heterocycles. The molecule has 96 valence electrons. The first-order chi connectivity index (χ1) is 8.63. The molecule has 0 bridgehead atoms. The lowest BCUT2D eigenvalue weighted by atomic mass is 10.1. The zero-order valence-electron chi connectivity index (χ0n) is 9.98. The van der Waals surface area contributed by atoms with Gasteiger partial charge in [-0.2, -0.15) is 0 Å². The summed E-state index contributed by atoms with van der Waals surface area (Å²) in [5.74, 6) is -0.941. The zero-order chi connectivity index (χ0) is 13.4. The number of urea groups is 1. The summed E-state index contributed by atoms with van der Waals surface area (Å²) in [6, 6.07) is 6.35. The highest BCUT2D eigenvalue weighted by Crippen LogP contribution is 2.04. The minimum Gasteiger partial charge on any atom is -0.478 e. The fourth-order valence-electron chi connectivity index (χ4n) is 1.36. The molecule has 0 unspecified atom stereocenters. The second kappa shape index (κ2) is 7.11. The third kappa shape index (κ3) is 4.69. The first kappa shape index (κ1) is 13.8. The molecule has 0 saturated heterocycles. The number of hydrogen-bond donors (Lipinski definition) is 3. The molecule has 0 heterocycles. The third-order valence-corrected chi connectivity index (χ3v) is 2.31. The molecule has 0 atom stereocenters.